The molecule has 0 saturated heterocycles. The number of aromatic nitrogens is 3. The van der Waals surface area contributed by atoms with E-state index in [9.17, 15) is 17.4 Å². The molecule has 10 heteroatoms. The Balaban J connectivity index is 2.10. The average molecular weight is 422 g/mol. The van der Waals surface area contributed by atoms with Gasteiger partial charge in [0.1, 0.15) is 28.9 Å². The highest BCUT2D eigenvalue weighted by Gasteiger charge is 2.31. The van der Waals surface area contributed by atoms with Crippen LogP contribution in [0.1, 0.15) is 26.3 Å². The lowest BCUT2D eigenvalue weighted by Gasteiger charge is -2.18. The molecule has 0 bridgehead atoms. The SMILES string of the molecule is CC[S@](=O)c1cc(OC(C)(C)C#N)cnc1-c1cn2ccc(C(F)(F)F)cc2n1. The fourth-order valence-corrected chi connectivity index (χ4v) is 3.53. The molecule has 3 heterocycles. The van der Waals surface area contributed by atoms with Gasteiger partial charge in [-0.05, 0) is 26.0 Å². The first kappa shape index (κ1) is 20.8. The van der Waals surface area contributed by atoms with Crippen molar-refractivity contribution in [2.45, 2.75) is 37.4 Å². The van der Waals surface area contributed by atoms with Crippen LogP contribution in [0.5, 0.6) is 5.75 Å². The Morgan fingerprint density at radius 1 is 1.31 bits per heavy atom. The minimum Gasteiger partial charge on any atom is -0.471 e. The molecule has 0 spiro atoms. The average Bonchev–Trinajstić information content (AvgIpc) is 3.09. The summed E-state index contributed by atoms with van der Waals surface area (Å²) in [5.41, 5.74) is -1.26. The van der Waals surface area contributed by atoms with Crippen LogP contribution in [0.2, 0.25) is 0 Å². The minimum atomic E-state index is -4.48. The predicted molar refractivity (Wildman–Crippen MR) is 101 cm³/mol. The molecule has 1 atom stereocenters. The fourth-order valence-electron chi connectivity index (χ4n) is 2.59. The van der Waals surface area contributed by atoms with Gasteiger partial charge in [0.25, 0.3) is 0 Å². The summed E-state index contributed by atoms with van der Waals surface area (Å²) >= 11 is 0. The van der Waals surface area contributed by atoms with Crippen molar-refractivity contribution in [3.63, 3.8) is 0 Å². The molecule has 29 heavy (non-hydrogen) atoms. The van der Waals surface area contributed by atoms with Crippen molar-refractivity contribution in [3.05, 3.63) is 42.4 Å². The molecule has 3 rings (SSSR count). The number of rotatable bonds is 5. The van der Waals surface area contributed by atoms with Crippen LogP contribution in [0.25, 0.3) is 17.0 Å². The maximum Gasteiger partial charge on any atom is 0.416 e. The number of imidazole rings is 1. The number of hydrogen-bond donors (Lipinski definition) is 0. The summed E-state index contributed by atoms with van der Waals surface area (Å²) in [6.45, 7) is 4.89. The standard InChI is InChI=1S/C19H17F3N4O2S/c1-4-29(27)15-8-13(28-18(2,3)11-23)9-24-17(15)14-10-26-6-5-12(19(20,21)22)7-16(26)25-14/h5-10H,4H2,1-3H3/t29-/m0/s1. The van der Waals surface area contributed by atoms with Gasteiger partial charge in [-0.15, -0.1) is 0 Å². The third kappa shape index (κ3) is 4.40. The monoisotopic (exact) mass is 422 g/mol. The molecule has 0 N–H and O–H groups in total. The van der Waals surface area contributed by atoms with Crippen molar-refractivity contribution < 1.29 is 22.1 Å². The van der Waals surface area contributed by atoms with Crippen molar-refractivity contribution in [2.24, 2.45) is 0 Å². The van der Waals surface area contributed by atoms with Crippen LogP contribution >= 0.6 is 0 Å². The Morgan fingerprint density at radius 3 is 2.66 bits per heavy atom. The highest BCUT2D eigenvalue weighted by Crippen LogP contribution is 2.32. The quantitative estimate of drug-likeness (QED) is 0.615. The highest BCUT2D eigenvalue weighted by atomic mass is 32.2. The number of nitriles is 1. The maximum atomic E-state index is 12.9. The number of halogens is 3. The van der Waals surface area contributed by atoms with Crippen LogP contribution in [0, 0.1) is 11.3 Å². The first-order chi connectivity index (χ1) is 13.5. The molecule has 0 radical (unpaired) electrons. The zero-order chi connectivity index (χ0) is 21.4. The van der Waals surface area contributed by atoms with Crippen LogP contribution in [-0.4, -0.2) is 29.9 Å². The number of nitrogens with zero attached hydrogens (tertiary/aromatic N) is 4. The number of fused-ring (bicyclic) bond motifs is 1. The van der Waals surface area contributed by atoms with Crippen molar-refractivity contribution in [2.75, 3.05) is 5.75 Å². The molecule has 0 aliphatic heterocycles. The van der Waals surface area contributed by atoms with E-state index in [0.29, 0.717) is 10.6 Å². The summed E-state index contributed by atoms with van der Waals surface area (Å²) in [4.78, 5) is 8.84. The van der Waals surface area contributed by atoms with E-state index in [1.165, 1.54) is 29.1 Å². The van der Waals surface area contributed by atoms with E-state index >= 15 is 0 Å². The lowest BCUT2D eigenvalue weighted by molar-refractivity contribution is -0.137. The zero-order valence-corrected chi connectivity index (χ0v) is 16.6. The zero-order valence-electron chi connectivity index (χ0n) is 15.8. The molecule has 3 aromatic rings. The molecule has 3 aromatic heterocycles. The van der Waals surface area contributed by atoms with E-state index in [1.807, 2.05) is 6.07 Å². The number of hydrogen-bond acceptors (Lipinski definition) is 5. The summed E-state index contributed by atoms with van der Waals surface area (Å²) in [5.74, 6) is 0.561. The Morgan fingerprint density at radius 2 is 2.03 bits per heavy atom. The molecule has 0 aliphatic carbocycles. The maximum absolute atomic E-state index is 12.9. The molecular weight excluding hydrogens is 405 g/mol. The van der Waals surface area contributed by atoms with E-state index in [1.54, 1.807) is 20.8 Å². The second-order valence-corrected chi connectivity index (χ2v) is 8.39. The Bertz CT molecular complexity index is 1130. The van der Waals surface area contributed by atoms with Crippen molar-refractivity contribution >= 4 is 16.4 Å². The van der Waals surface area contributed by atoms with Crippen molar-refractivity contribution in [3.8, 4) is 23.2 Å². The molecule has 0 aromatic carbocycles. The lowest BCUT2D eigenvalue weighted by atomic mass is 10.2. The molecule has 152 valence electrons. The van der Waals surface area contributed by atoms with Gasteiger partial charge in [0, 0.05) is 24.2 Å². The van der Waals surface area contributed by atoms with Crippen molar-refractivity contribution in [1.82, 2.24) is 14.4 Å². The Kier molecular flexibility index (Phi) is 5.36. The van der Waals surface area contributed by atoms with Crippen LogP contribution in [0.4, 0.5) is 13.2 Å². The van der Waals surface area contributed by atoms with Gasteiger partial charge in [-0.3, -0.25) is 4.21 Å². The highest BCUT2D eigenvalue weighted by molar-refractivity contribution is 7.85. The largest absolute Gasteiger partial charge is 0.471 e. The van der Waals surface area contributed by atoms with E-state index in [2.05, 4.69) is 9.97 Å². The third-order valence-corrected chi connectivity index (χ3v) is 5.33. The van der Waals surface area contributed by atoms with E-state index < -0.39 is 28.1 Å². The van der Waals surface area contributed by atoms with Gasteiger partial charge >= 0.3 is 6.18 Å². The van der Waals surface area contributed by atoms with Gasteiger partial charge in [-0.25, -0.2) is 9.97 Å². The first-order valence-electron chi connectivity index (χ1n) is 8.59. The second kappa shape index (κ2) is 7.48. The van der Waals surface area contributed by atoms with Gasteiger partial charge in [-0.2, -0.15) is 18.4 Å². The lowest BCUT2D eigenvalue weighted by Crippen LogP contribution is -2.25. The molecule has 6 nitrogen and oxygen atoms in total. The summed E-state index contributed by atoms with van der Waals surface area (Å²) in [6, 6.07) is 5.41. The molecule has 0 unspecified atom stereocenters. The van der Waals surface area contributed by atoms with Crippen LogP contribution in [0.3, 0.4) is 0 Å². The van der Waals surface area contributed by atoms with Gasteiger partial charge in [-0.1, -0.05) is 6.92 Å². The Labute approximate surface area is 167 Å². The molecular formula is C19H17F3N4O2S. The van der Waals surface area contributed by atoms with E-state index in [-0.39, 0.29) is 22.8 Å². The van der Waals surface area contributed by atoms with Gasteiger partial charge in [0.2, 0.25) is 0 Å². The second-order valence-electron chi connectivity index (χ2n) is 6.68. The molecule has 0 fully saturated rings. The summed E-state index contributed by atoms with van der Waals surface area (Å²) in [7, 11) is -1.44. The number of pyridine rings is 2. The predicted octanol–water partition coefficient (Wildman–Crippen LogP) is 4.22. The summed E-state index contributed by atoms with van der Waals surface area (Å²) < 4.78 is 58.4. The van der Waals surface area contributed by atoms with Crippen molar-refractivity contribution in [1.29, 1.82) is 5.26 Å². The number of alkyl halides is 3. The topological polar surface area (TPSA) is 80.3 Å². The van der Waals surface area contributed by atoms with Crippen LogP contribution in [-0.2, 0) is 17.0 Å². The fraction of sp³-hybridized carbons (Fsp3) is 0.316. The molecule has 0 aliphatic rings. The third-order valence-electron chi connectivity index (χ3n) is 4.01. The first-order valence-corrected chi connectivity index (χ1v) is 9.91. The van der Waals surface area contributed by atoms with Crippen LogP contribution in [0.15, 0.2) is 41.7 Å². The summed E-state index contributed by atoms with van der Waals surface area (Å²) in [5, 5.41) is 9.12. The molecule has 0 saturated carbocycles. The van der Waals surface area contributed by atoms with Gasteiger partial charge < -0.3 is 9.14 Å². The van der Waals surface area contributed by atoms with Crippen LogP contribution < -0.4 is 4.74 Å². The number of ether oxygens (including phenoxy) is 1. The molecule has 0 amide bonds. The Hall–Kier alpha value is -2.93. The summed E-state index contributed by atoms with van der Waals surface area (Å²) in [6.07, 6.45) is -0.324. The minimum absolute atomic E-state index is 0.0933. The normalized spacial score (nSPS) is 13.3. The van der Waals surface area contributed by atoms with Gasteiger partial charge in [0.05, 0.1) is 27.5 Å². The van der Waals surface area contributed by atoms with E-state index in [0.717, 1.165) is 12.1 Å². The smallest absolute Gasteiger partial charge is 0.416 e. The van der Waals surface area contributed by atoms with Gasteiger partial charge in [0.15, 0.2) is 5.60 Å². The van der Waals surface area contributed by atoms with E-state index in [4.69, 9.17) is 10.00 Å².